The third-order valence-electron chi connectivity index (χ3n) is 2.03. The van der Waals surface area contributed by atoms with Crippen LogP contribution in [0.1, 0.15) is 31.0 Å². The van der Waals surface area contributed by atoms with Gasteiger partial charge in [0.15, 0.2) is 5.82 Å². The molecule has 0 saturated carbocycles. The van der Waals surface area contributed by atoms with Crippen LogP contribution in [0.5, 0.6) is 0 Å². The first-order chi connectivity index (χ1) is 7.31. The number of thiophene rings is 1. The molecule has 0 aliphatic carbocycles. The SMILES string of the molecule is CCCC(Cl)c1noc(-c2ccsc2)n1. The first kappa shape index (κ1) is 10.6. The fourth-order valence-electron chi connectivity index (χ4n) is 1.25. The van der Waals surface area contributed by atoms with E-state index in [9.17, 15) is 0 Å². The highest BCUT2D eigenvalue weighted by Crippen LogP contribution is 2.26. The summed E-state index contributed by atoms with van der Waals surface area (Å²) in [4.78, 5) is 4.27. The Morgan fingerprint density at radius 3 is 3.13 bits per heavy atom. The molecule has 80 valence electrons. The Bertz CT molecular complexity index is 413. The first-order valence-electron chi connectivity index (χ1n) is 4.81. The Morgan fingerprint density at radius 1 is 1.60 bits per heavy atom. The molecule has 0 aliphatic rings. The van der Waals surface area contributed by atoms with Gasteiger partial charge in [0.05, 0.1) is 10.9 Å². The topological polar surface area (TPSA) is 38.9 Å². The maximum atomic E-state index is 6.10. The van der Waals surface area contributed by atoms with Crippen molar-refractivity contribution >= 4 is 22.9 Å². The van der Waals surface area contributed by atoms with Crippen molar-refractivity contribution in [2.75, 3.05) is 0 Å². The Balaban J connectivity index is 2.17. The van der Waals surface area contributed by atoms with Gasteiger partial charge in [0.25, 0.3) is 5.89 Å². The molecule has 0 saturated heterocycles. The van der Waals surface area contributed by atoms with Crippen LogP contribution in [0.15, 0.2) is 21.3 Å². The van der Waals surface area contributed by atoms with E-state index < -0.39 is 0 Å². The molecule has 0 spiro atoms. The zero-order chi connectivity index (χ0) is 10.7. The van der Waals surface area contributed by atoms with E-state index in [1.807, 2.05) is 16.8 Å². The number of alkyl halides is 1. The van der Waals surface area contributed by atoms with E-state index in [0.717, 1.165) is 18.4 Å². The summed E-state index contributed by atoms with van der Waals surface area (Å²) < 4.78 is 5.14. The van der Waals surface area contributed by atoms with Crippen LogP contribution in [0.4, 0.5) is 0 Å². The zero-order valence-corrected chi connectivity index (χ0v) is 9.88. The molecule has 5 heteroatoms. The molecule has 2 rings (SSSR count). The van der Waals surface area contributed by atoms with Gasteiger partial charge in [0, 0.05) is 5.38 Å². The van der Waals surface area contributed by atoms with Crippen LogP contribution in [0.3, 0.4) is 0 Å². The van der Waals surface area contributed by atoms with E-state index in [1.165, 1.54) is 0 Å². The molecule has 2 aromatic heterocycles. The Kier molecular flexibility index (Phi) is 3.38. The van der Waals surface area contributed by atoms with Gasteiger partial charge in [0.2, 0.25) is 0 Å². The second kappa shape index (κ2) is 4.77. The lowest BCUT2D eigenvalue weighted by Gasteiger charge is -1.99. The summed E-state index contributed by atoms with van der Waals surface area (Å²) in [7, 11) is 0. The van der Waals surface area contributed by atoms with Crippen molar-refractivity contribution < 1.29 is 4.52 Å². The second-order valence-electron chi connectivity index (χ2n) is 3.23. The van der Waals surface area contributed by atoms with Crippen LogP contribution in [0.25, 0.3) is 11.5 Å². The molecule has 0 N–H and O–H groups in total. The average Bonchev–Trinajstić information content (AvgIpc) is 2.89. The van der Waals surface area contributed by atoms with Gasteiger partial charge in [-0.2, -0.15) is 16.3 Å². The molecule has 2 aromatic rings. The van der Waals surface area contributed by atoms with Crippen molar-refractivity contribution in [2.45, 2.75) is 25.1 Å². The molecule has 0 radical (unpaired) electrons. The van der Waals surface area contributed by atoms with Crippen LogP contribution in [-0.2, 0) is 0 Å². The van der Waals surface area contributed by atoms with E-state index >= 15 is 0 Å². The molecule has 15 heavy (non-hydrogen) atoms. The lowest BCUT2D eigenvalue weighted by molar-refractivity contribution is 0.420. The van der Waals surface area contributed by atoms with Gasteiger partial charge in [0.1, 0.15) is 0 Å². The lowest BCUT2D eigenvalue weighted by Crippen LogP contribution is -1.92. The van der Waals surface area contributed by atoms with Crippen LogP contribution in [0, 0.1) is 0 Å². The highest BCUT2D eigenvalue weighted by Gasteiger charge is 2.15. The molecule has 0 aromatic carbocycles. The quantitative estimate of drug-likeness (QED) is 0.764. The molecule has 2 heterocycles. The van der Waals surface area contributed by atoms with Gasteiger partial charge >= 0.3 is 0 Å². The minimum Gasteiger partial charge on any atom is -0.334 e. The molecule has 1 atom stereocenters. The summed E-state index contributed by atoms with van der Waals surface area (Å²) >= 11 is 7.70. The van der Waals surface area contributed by atoms with E-state index in [0.29, 0.717) is 11.7 Å². The maximum Gasteiger partial charge on any atom is 0.258 e. The summed E-state index contributed by atoms with van der Waals surface area (Å²) in [6.45, 7) is 2.08. The van der Waals surface area contributed by atoms with Crippen molar-refractivity contribution in [3.63, 3.8) is 0 Å². The summed E-state index contributed by atoms with van der Waals surface area (Å²) in [6.07, 6.45) is 1.88. The second-order valence-corrected chi connectivity index (χ2v) is 4.53. The third kappa shape index (κ3) is 2.38. The predicted molar refractivity (Wildman–Crippen MR) is 61.1 cm³/mol. The van der Waals surface area contributed by atoms with Gasteiger partial charge in [-0.3, -0.25) is 0 Å². The number of nitrogens with zero attached hydrogens (tertiary/aromatic N) is 2. The molecule has 1 unspecified atom stereocenters. The van der Waals surface area contributed by atoms with Crippen molar-refractivity contribution in [1.82, 2.24) is 10.1 Å². The van der Waals surface area contributed by atoms with Crippen LogP contribution >= 0.6 is 22.9 Å². The third-order valence-corrected chi connectivity index (χ3v) is 3.13. The van der Waals surface area contributed by atoms with Crippen LogP contribution in [-0.4, -0.2) is 10.1 Å². The molecule has 3 nitrogen and oxygen atoms in total. The standard InChI is InChI=1S/C10H11ClN2OS/c1-2-3-8(11)9-12-10(14-13-9)7-4-5-15-6-7/h4-6,8H,2-3H2,1H3. The minimum absolute atomic E-state index is 0.147. The van der Waals surface area contributed by atoms with Crippen LogP contribution < -0.4 is 0 Å². The minimum atomic E-state index is -0.147. The van der Waals surface area contributed by atoms with Gasteiger partial charge < -0.3 is 4.52 Å². The number of hydrogen-bond donors (Lipinski definition) is 0. The van der Waals surface area contributed by atoms with E-state index in [4.69, 9.17) is 16.1 Å². The summed E-state index contributed by atoms with van der Waals surface area (Å²) in [5.74, 6) is 1.13. The average molecular weight is 243 g/mol. The zero-order valence-electron chi connectivity index (χ0n) is 8.31. The fourth-order valence-corrected chi connectivity index (χ4v) is 2.18. The van der Waals surface area contributed by atoms with Crippen molar-refractivity contribution in [3.8, 4) is 11.5 Å². The monoisotopic (exact) mass is 242 g/mol. The number of aromatic nitrogens is 2. The van der Waals surface area contributed by atoms with Crippen molar-refractivity contribution in [3.05, 3.63) is 22.7 Å². The maximum absolute atomic E-state index is 6.10. The Morgan fingerprint density at radius 2 is 2.47 bits per heavy atom. The number of rotatable bonds is 4. The molecular formula is C10H11ClN2OS. The van der Waals surface area contributed by atoms with Crippen LogP contribution in [0.2, 0.25) is 0 Å². The van der Waals surface area contributed by atoms with Gasteiger partial charge in [-0.05, 0) is 17.9 Å². The van der Waals surface area contributed by atoms with Gasteiger partial charge in [-0.1, -0.05) is 18.5 Å². The molecule has 0 fully saturated rings. The van der Waals surface area contributed by atoms with Gasteiger partial charge in [-0.25, -0.2) is 0 Å². The van der Waals surface area contributed by atoms with Gasteiger partial charge in [-0.15, -0.1) is 11.6 Å². The van der Waals surface area contributed by atoms with Crippen molar-refractivity contribution in [1.29, 1.82) is 0 Å². The summed E-state index contributed by atoms with van der Waals surface area (Å²) in [6, 6.07) is 1.95. The molecule has 0 aliphatic heterocycles. The Labute approximate surface area is 97.1 Å². The number of hydrogen-bond acceptors (Lipinski definition) is 4. The van der Waals surface area contributed by atoms with E-state index in [1.54, 1.807) is 11.3 Å². The molecule has 0 amide bonds. The fraction of sp³-hybridized carbons (Fsp3) is 0.400. The first-order valence-corrected chi connectivity index (χ1v) is 6.19. The normalized spacial score (nSPS) is 12.9. The Hall–Kier alpha value is -0.870. The predicted octanol–water partition coefficient (Wildman–Crippen LogP) is 3.88. The van der Waals surface area contributed by atoms with E-state index in [2.05, 4.69) is 17.1 Å². The number of halogens is 1. The molecule has 0 bridgehead atoms. The van der Waals surface area contributed by atoms with Crippen molar-refractivity contribution in [2.24, 2.45) is 0 Å². The lowest BCUT2D eigenvalue weighted by atomic mass is 10.2. The van der Waals surface area contributed by atoms with E-state index in [-0.39, 0.29) is 5.38 Å². The highest BCUT2D eigenvalue weighted by molar-refractivity contribution is 7.08. The largest absolute Gasteiger partial charge is 0.334 e. The smallest absolute Gasteiger partial charge is 0.258 e. The molecular weight excluding hydrogens is 232 g/mol. The summed E-state index contributed by atoms with van der Waals surface area (Å²) in [5, 5.41) is 7.68. The summed E-state index contributed by atoms with van der Waals surface area (Å²) in [5.41, 5.74) is 0.958. The highest BCUT2D eigenvalue weighted by atomic mass is 35.5.